The van der Waals surface area contributed by atoms with Crippen LogP contribution in [0, 0.1) is 0 Å². The molecule has 0 radical (unpaired) electrons. The third-order valence-electron chi connectivity index (χ3n) is 2.99. The molecule has 18 heavy (non-hydrogen) atoms. The number of hydrogen-bond acceptors (Lipinski definition) is 3. The molecular formula is C13H19N3O2. The molecule has 5 nitrogen and oxygen atoms in total. The molecule has 0 aliphatic rings. The highest BCUT2D eigenvalue weighted by molar-refractivity contribution is 5.74. The summed E-state index contributed by atoms with van der Waals surface area (Å²) in [7, 11) is 0. The Hall–Kier alpha value is -1.59. The summed E-state index contributed by atoms with van der Waals surface area (Å²) in [5.74, 6) is 0. The summed E-state index contributed by atoms with van der Waals surface area (Å²) in [6.07, 6.45) is 0.854. The van der Waals surface area contributed by atoms with Crippen molar-refractivity contribution in [1.29, 1.82) is 0 Å². The van der Waals surface area contributed by atoms with Crippen molar-refractivity contribution in [2.24, 2.45) is 0 Å². The summed E-state index contributed by atoms with van der Waals surface area (Å²) in [4.78, 5) is 16.6. The zero-order chi connectivity index (χ0) is 13.2. The highest BCUT2D eigenvalue weighted by Crippen LogP contribution is 2.10. The summed E-state index contributed by atoms with van der Waals surface area (Å²) >= 11 is 0. The molecule has 0 bridgehead atoms. The number of aliphatic hydroxyl groups is 1. The van der Waals surface area contributed by atoms with E-state index in [2.05, 4.69) is 15.3 Å². The predicted molar refractivity (Wildman–Crippen MR) is 71.8 cm³/mol. The van der Waals surface area contributed by atoms with E-state index < -0.39 is 0 Å². The molecule has 1 aromatic heterocycles. The number of hydrogen-bond donors (Lipinski definition) is 4. The second-order valence-electron chi connectivity index (χ2n) is 5.18. The number of aromatic nitrogens is 2. The Labute approximate surface area is 105 Å². The maximum atomic E-state index is 11.1. The van der Waals surface area contributed by atoms with E-state index in [-0.39, 0.29) is 17.8 Å². The molecule has 0 aliphatic carbocycles. The van der Waals surface area contributed by atoms with E-state index in [4.69, 9.17) is 5.11 Å². The number of aromatic amines is 2. The number of nitrogens with one attached hydrogen (secondary N) is 3. The number of H-pyrrole nitrogens is 2. The van der Waals surface area contributed by atoms with Gasteiger partial charge in [0.25, 0.3) is 0 Å². The largest absolute Gasteiger partial charge is 0.394 e. The van der Waals surface area contributed by atoms with Crippen LogP contribution in [0.25, 0.3) is 11.0 Å². The molecule has 4 N–H and O–H groups in total. The highest BCUT2D eigenvalue weighted by Gasteiger charge is 2.14. The van der Waals surface area contributed by atoms with E-state index in [9.17, 15) is 4.79 Å². The van der Waals surface area contributed by atoms with E-state index in [1.807, 2.05) is 32.0 Å². The smallest absolute Gasteiger partial charge is 0.323 e. The average molecular weight is 249 g/mol. The van der Waals surface area contributed by atoms with Crippen LogP contribution in [0.5, 0.6) is 0 Å². The molecule has 5 heteroatoms. The maximum Gasteiger partial charge on any atom is 0.323 e. The molecule has 0 spiro atoms. The molecule has 2 rings (SSSR count). The first-order valence-electron chi connectivity index (χ1n) is 6.07. The molecule has 1 heterocycles. The second-order valence-corrected chi connectivity index (χ2v) is 5.18. The van der Waals surface area contributed by atoms with Crippen LogP contribution in [-0.4, -0.2) is 33.8 Å². The van der Waals surface area contributed by atoms with Gasteiger partial charge in [0.05, 0.1) is 17.6 Å². The van der Waals surface area contributed by atoms with E-state index in [0.29, 0.717) is 0 Å². The number of rotatable bonds is 5. The normalized spacial score (nSPS) is 12.2. The summed E-state index contributed by atoms with van der Waals surface area (Å²) in [5, 5.41) is 12.4. The first-order valence-corrected chi connectivity index (χ1v) is 6.07. The van der Waals surface area contributed by atoms with Crippen LogP contribution in [0.15, 0.2) is 23.0 Å². The summed E-state index contributed by atoms with van der Waals surface area (Å²) in [6.45, 7) is 4.81. The van der Waals surface area contributed by atoms with Gasteiger partial charge in [-0.2, -0.15) is 0 Å². The van der Waals surface area contributed by atoms with Crippen molar-refractivity contribution in [2.45, 2.75) is 25.8 Å². The van der Waals surface area contributed by atoms with Gasteiger partial charge in [-0.25, -0.2) is 4.79 Å². The Bertz CT molecular complexity index is 583. The summed E-state index contributed by atoms with van der Waals surface area (Å²) in [6, 6.07) is 5.88. The Morgan fingerprint density at radius 2 is 2.00 bits per heavy atom. The lowest BCUT2D eigenvalue weighted by Crippen LogP contribution is -2.43. The molecule has 0 aliphatic heterocycles. The van der Waals surface area contributed by atoms with Crippen LogP contribution < -0.4 is 11.0 Å². The van der Waals surface area contributed by atoms with Gasteiger partial charge in [-0.1, -0.05) is 6.07 Å². The van der Waals surface area contributed by atoms with Crippen LogP contribution in [0.1, 0.15) is 19.4 Å². The van der Waals surface area contributed by atoms with Crippen LogP contribution in [-0.2, 0) is 6.42 Å². The van der Waals surface area contributed by atoms with Gasteiger partial charge in [0.1, 0.15) is 0 Å². The maximum absolute atomic E-state index is 11.1. The van der Waals surface area contributed by atoms with Gasteiger partial charge in [-0.15, -0.1) is 0 Å². The van der Waals surface area contributed by atoms with Crippen molar-refractivity contribution in [2.75, 3.05) is 13.2 Å². The highest BCUT2D eigenvalue weighted by atomic mass is 16.3. The minimum absolute atomic E-state index is 0.108. The zero-order valence-electron chi connectivity index (χ0n) is 10.7. The van der Waals surface area contributed by atoms with Gasteiger partial charge in [0, 0.05) is 5.54 Å². The van der Waals surface area contributed by atoms with Crippen molar-refractivity contribution in [1.82, 2.24) is 15.3 Å². The van der Waals surface area contributed by atoms with Crippen molar-refractivity contribution in [3.8, 4) is 0 Å². The number of benzene rings is 1. The van der Waals surface area contributed by atoms with Crippen molar-refractivity contribution >= 4 is 11.0 Å². The molecule has 0 atom stereocenters. The molecule has 2 aromatic rings. The molecule has 0 amide bonds. The Balaban J connectivity index is 2.01. The van der Waals surface area contributed by atoms with Crippen LogP contribution in [0.4, 0.5) is 0 Å². The second kappa shape index (κ2) is 4.96. The Kier molecular flexibility index (Phi) is 3.54. The van der Waals surface area contributed by atoms with Gasteiger partial charge in [-0.05, 0) is 44.5 Å². The van der Waals surface area contributed by atoms with Gasteiger partial charge in [0.15, 0.2) is 0 Å². The Morgan fingerprint density at radius 3 is 2.72 bits per heavy atom. The fraction of sp³-hybridized carbons (Fsp3) is 0.462. The van der Waals surface area contributed by atoms with E-state index in [0.717, 1.165) is 29.6 Å². The van der Waals surface area contributed by atoms with E-state index >= 15 is 0 Å². The van der Waals surface area contributed by atoms with E-state index in [1.54, 1.807) is 0 Å². The molecular weight excluding hydrogens is 230 g/mol. The SMILES string of the molecule is CC(C)(CO)NCCc1ccc2[nH]c(=O)[nH]c2c1. The van der Waals surface area contributed by atoms with Crippen molar-refractivity contribution < 1.29 is 5.11 Å². The Morgan fingerprint density at radius 1 is 1.28 bits per heavy atom. The summed E-state index contributed by atoms with van der Waals surface area (Å²) < 4.78 is 0. The van der Waals surface area contributed by atoms with Gasteiger partial charge >= 0.3 is 5.69 Å². The van der Waals surface area contributed by atoms with Gasteiger partial charge in [0.2, 0.25) is 0 Å². The molecule has 1 aromatic carbocycles. The third kappa shape index (κ3) is 3.00. The number of aliphatic hydroxyl groups excluding tert-OH is 1. The average Bonchev–Trinajstić information content (AvgIpc) is 2.68. The fourth-order valence-corrected chi connectivity index (χ4v) is 1.84. The first kappa shape index (κ1) is 12.9. The lowest BCUT2D eigenvalue weighted by Gasteiger charge is -2.23. The molecule has 98 valence electrons. The third-order valence-corrected chi connectivity index (χ3v) is 2.99. The lowest BCUT2D eigenvalue weighted by molar-refractivity contribution is 0.189. The van der Waals surface area contributed by atoms with Crippen molar-refractivity contribution in [3.05, 3.63) is 34.2 Å². The molecule has 0 saturated heterocycles. The fourth-order valence-electron chi connectivity index (χ4n) is 1.84. The van der Waals surface area contributed by atoms with Gasteiger partial charge in [-0.3, -0.25) is 0 Å². The zero-order valence-corrected chi connectivity index (χ0v) is 10.7. The lowest BCUT2D eigenvalue weighted by atomic mass is 10.1. The first-order chi connectivity index (χ1) is 8.50. The van der Waals surface area contributed by atoms with E-state index in [1.165, 1.54) is 0 Å². The van der Waals surface area contributed by atoms with Crippen molar-refractivity contribution in [3.63, 3.8) is 0 Å². The summed E-state index contributed by atoms with van der Waals surface area (Å²) in [5.41, 5.74) is 2.37. The van der Waals surface area contributed by atoms with Crippen LogP contribution >= 0.6 is 0 Å². The molecule has 0 saturated carbocycles. The predicted octanol–water partition coefficient (Wildman–Crippen LogP) is 0.759. The van der Waals surface area contributed by atoms with Gasteiger partial charge < -0.3 is 20.4 Å². The topological polar surface area (TPSA) is 80.9 Å². The number of imidazole rings is 1. The molecule has 0 unspecified atom stereocenters. The minimum Gasteiger partial charge on any atom is -0.394 e. The minimum atomic E-state index is -0.257. The monoisotopic (exact) mass is 249 g/mol. The van der Waals surface area contributed by atoms with Crippen LogP contribution in [0.2, 0.25) is 0 Å². The number of fused-ring (bicyclic) bond motifs is 1. The van der Waals surface area contributed by atoms with Crippen LogP contribution in [0.3, 0.4) is 0 Å². The standard InChI is InChI=1S/C13H19N3O2/c1-13(2,8-17)14-6-5-9-3-4-10-11(7-9)16-12(18)15-10/h3-4,7,14,17H,5-6,8H2,1-2H3,(H2,15,16,18). The molecule has 0 fully saturated rings. The quantitative estimate of drug-likeness (QED) is 0.631.